The molecule has 0 aliphatic carbocycles. The van der Waals surface area contributed by atoms with Crippen LogP contribution in [0.5, 0.6) is 5.75 Å². The second-order valence-corrected chi connectivity index (χ2v) is 6.33. The number of fused-ring (bicyclic) bond motifs is 4. The summed E-state index contributed by atoms with van der Waals surface area (Å²) in [5.74, 6) is 1.41. The highest BCUT2D eigenvalue weighted by molar-refractivity contribution is 8.93. The number of rotatable bonds is 3. The average molecular weight is 366 g/mol. The van der Waals surface area contributed by atoms with Crippen molar-refractivity contribution in [1.29, 1.82) is 0 Å². The lowest BCUT2D eigenvalue weighted by Gasteiger charge is -2.44. The number of nitrogens with one attached hydrogen (secondary N) is 1. The van der Waals surface area contributed by atoms with Crippen LogP contribution in [0.25, 0.3) is 10.9 Å². The topological polar surface area (TPSA) is 69.2 Å². The Morgan fingerprint density at radius 1 is 1.36 bits per heavy atom. The van der Waals surface area contributed by atoms with Crippen molar-refractivity contribution in [2.45, 2.75) is 19.3 Å². The predicted octanol–water partition coefficient (Wildman–Crippen LogP) is 2.76. The van der Waals surface area contributed by atoms with Crippen LogP contribution in [0.4, 0.5) is 0 Å². The SMILES string of the molecule is Br.O=C(C[C@@H]1CN2CCC1CC2)c1n[nH]c2ccc(O)cc12. The number of hydrogen-bond acceptors (Lipinski definition) is 4. The highest BCUT2D eigenvalue weighted by atomic mass is 79.9. The van der Waals surface area contributed by atoms with Gasteiger partial charge in [-0.1, -0.05) is 0 Å². The molecule has 0 radical (unpaired) electrons. The second kappa shape index (κ2) is 6.01. The minimum Gasteiger partial charge on any atom is -0.508 e. The van der Waals surface area contributed by atoms with Gasteiger partial charge in [0.2, 0.25) is 0 Å². The molecule has 5 nitrogen and oxygen atoms in total. The van der Waals surface area contributed by atoms with E-state index >= 15 is 0 Å². The smallest absolute Gasteiger partial charge is 0.184 e. The summed E-state index contributed by atoms with van der Waals surface area (Å²) in [6, 6.07) is 4.97. The molecule has 2 aromatic rings. The monoisotopic (exact) mass is 365 g/mol. The number of hydrogen-bond donors (Lipinski definition) is 2. The number of phenolic OH excluding ortho intramolecular Hbond substituents is 1. The largest absolute Gasteiger partial charge is 0.508 e. The number of aromatic amines is 1. The second-order valence-electron chi connectivity index (χ2n) is 6.33. The molecule has 3 fully saturated rings. The van der Waals surface area contributed by atoms with Crippen molar-refractivity contribution in [1.82, 2.24) is 15.1 Å². The third kappa shape index (κ3) is 2.65. The Kier molecular flexibility index (Phi) is 4.23. The number of carbonyl (C=O) groups excluding carboxylic acids is 1. The molecule has 4 heterocycles. The number of piperidine rings is 3. The zero-order chi connectivity index (χ0) is 14.4. The average Bonchev–Trinajstić information content (AvgIpc) is 2.91. The first-order valence-electron chi connectivity index (χ1n) is 7.63. The van der Waals surface area contributed by atoms with Gasteiger partial charge in [-0.2, -0.15) is 5.10 Å². The summed E-state index contributed by atoms with van der Waals surface area (Å²) in [6.07, 6.45) is 3.01. The Morgan fingerprint density at radius 3 is 2.82 bits per heavy atom. The number of phenols is 1. The van der Waals surface area contributed by atoms with E-state index in [2.05, 4.69) is 15.1 Å². The number of ketones is 1. The summed E-state index contributed by atoms with van der Waals surface area (Å²) >= 11 is 0. The van der Waals surface area contributed by atoms with Gasteiger partial charge in [-0.3, -0.25) is 9.89 Å². The number of carbonyl (C=O) groups is 1. The van der Waals surface area contributed by atoms with Crippen molar-refractivity contribution >= 4 is 33.7 Å². The van der Waals surface area contributed by atoms with Crippen molar-refractivity contribution in [3.05, 3.63) is 23.9 Å². The van der Waals surface area contributed by atoms with Crippen LogP contribution in [0, 0.1) is 11.8 Å². The molecule has 22 heavy (non-hydrogen) atoms. The minimum atomic E-state index is 0. The number of nitrogens with zero attached hydrogens (tertiary/aromatic N) is 2. The van der Waals surface area contributed by atoms with Gasteiger partial charge in [-0.25, -0.2) is 0 Å². The van der Waals surface area contributed by atoms with E-state index in [1.165, 1.54) is 25.9 Å². The number of aromatic hydroxyl groups is 1. The van der Waals surface area contributed by atoms with Crippen LogP contribution in [0.15, 0.2) is 18.2 Å². The summed E-state index contributed by atoms with van der Waals surface area (Å²) in [6.45, 7) is 3.42. The van der Waals surface area contributed by atoms with Crippen LogP contribution in [0.2, 0.25) is 0 Å². The van der Waals surface area contributed by atoms with E-state index < -0.39 is 0 Å². The molecule has 3 aliphatic heterocycles. The zero-order valence-electron chi connectivity index (χ0n) is 12.3. The molecule has 3 aliphatic rings. The predicted molar refractivity (Wildman–Crippen MR) is 89.7 cm³/mol. The number of aromatic nitrogens is 2. The Morgan fingerprint density at radius 2 is 2.14 bits per heavy atom. The van der Waals surface area contributed by atoms with E-state index in [0.717, 1.165) is 17.4 Å². The lowest BCUT2D eigenvalue weighted by Crippen LogP contribution is -2.47. The van der Waals surface area contributed by atoms with Crippen LogP contribution in [-0.4, -0.2) is 45.6 Å². The summed E-state index contributed by atoms with van der Waals surface area (Å²) in [4.78, 5) is 15.1. The van der Waals surface area contributed by atoms with Gasteiger partial charge in [0.1, 0.15) is 11.4 Å². The molecule has 118 valence electrons. The van der Waals surface area contributed by atoms with Crippen LogP contribution in [0.1, 0.15) is 29.8 Å². The third-order valence-electron chi connectivity index (χ3n) is 5.05. The van der Waals surface area contributed by atoms with E-state index in [1.54, 1.807) is 18.2 Å². The Balaban J connectivity index is 0.00000144. The lowest BCUT2D eigenvalue weighted by atomic mass is 9.76. The first kappa shape index (κ1) is 15.5. The quantitative estimate of drug-likeness (QED) is 0.820. The van der Waals surface area contributed by atoms with E-state index in [1.807, 2.05) is 0 Å². The van der Waals surface area contributed by atoms with Gasteiger partial charge in [-0.15, -0.1) is 17.0 Å². The van der Waals surface area contributed by atoms with E-state index in [0.29, 0.717) is 24.0 Å². The fourth-order valence-corrected chi connectivity index (χ4v) is 3.87. The van der Waals surface area contributed by atoms with Crippen molar-refractivity contribution in [2.24, 2.45) is 11.8 Å². The van der Waals surface area contributed by atoms with E-state index in [4.69, 9.17) is 0 Å². The Hall–Kier alpha value is -1.40. The summed E-state index contributed by atoms with van der Waals surface area (Å²) in [5.41, 5.74) is 1.27. The van der Waals surface area contributed by atoms with Gasteiger partial charge in [0.05, 0.1) is 5.52 Å². The standard InChI is InChI=1S/C16H19N3O2.BrH/c20-12-1-2-14-13(8-12)16(18-17-14)15(21)7-11-9-19-5-3-10(11)4-6-19;/h1-2,8,10-11,20H,3-7,9H2,(H,17,18);1H/t11-;/m1./s1. The highest BCUT2D eigenvalue weighted by Crippen LogP contribution is 2.35. The van der Waals surface area contributed by atoms with Gasteiger partial charge in [-0.05, 0) is 56.0 Å². The van der Waals surface area contributed by atoms with Crippen molar-refractivity contribution < 1.29 is 9.90 Å². The molecule has 3 saturated heterocycles. The fourth-order valence-electron chi connectivity index (χ4n) is 3.87. The summed E-state index contributed by atoms with van der Waals surface area (Å²) in [7, 11) is 0. The van der Waals surface area contributed by atoms with Gasteiger partial charge in [0.25, 0.3) is 0 Å². The van der Waals surface area contributed by atoms with Gasteiger partial charge in [0, 0.05) is 18.4 Å². The number of Topliss-reactive ketones (excluding diaryl/α,β-unsaturated/α-hetero) is 1. The molecule has 0 unspecified atom stereocenters. The van der Waals surface area contributed by atoms with Gasteiger partial charge < -0.3 is 10.0 Å². The maximum absolute atomic E-state index is 12.6. The third-order valence-corrected chi connectivity index (χ3v) is 5.05. The lowest BCUT2D eigenvalue weighted by molar-refractivity contribution is 0.0440. The van der Waals surface area contributed by atoms with Gasteiger partial charge in [0.15, 0.2) is 5.78 Å². The molecule has 5 rings (SSSR count). The number of H-pyrrole nitrogens is 1. The maximum Gasteiger partial charge on any atom is 0.184 e. The number of benzene rings is 1. The molecule has 2 bridgehead atoms. The molecule has 1 aromatic heterocycles. The molecule has 6 heteroatoms. The molecule has 0 spiro atoms. The molecule has 2 N–H and O–H groups in total. The molecule has 0 saturated carbocycles. The molecule has 0 amide bonds. The number of halogens is 1. The van der Waals surface area contributed by atoms with Crippen molar-refractivity contribution in [3.63, 3.8) is 0 Å². The van der Waals surface area contributed by atoms with E-state index in [-0.39, 0.29) is 28.5 Å². The fraction of sp³-hybridized carbons (Fsp3) is 0.500. The van der Waals surface area contributed by atoms with Crippen LogP contribution < -0.4 is 0 Å². The van der Waals surface area contributed by atoms with Gasteiger partial charge >= 0.3 is 0 Å². The highest BCUT2D eigenvalue weighted by Gasteiger charge is 2.35. The molecular weight excluding hydrogens is 346 g/mol. The normalized spacial score (nSPS) is 26.8. The van der Waals surface area contributed by atoms with Crippen molar-refractivity contribution in [3.8, 4) is 5.75 Å². The summed E-state index contributed by atoms with van der Waals surface area (Å²) < 4.78 is 0. The van der Waals surface area contributed by atoms with Crippen LogP contribution in [-0.2, 0) is 0 Å². The Bertz CT molecular complexity index is 692. The van der Waals surface area contributed by atoms with Crippen LogP contribution >= 0.6 is 17.0 Å². The Labute approximate surface area is 139 Å². The molecule has 1 aromatic carbocycles. The first-order chi connectivity index (χ1) is 10.2. The first-order valence-corrected chi connectivity index (χ1v) is 7.63. The van der Waals surface area contributed by atoms with E-state index in [9.17, 15) is 9.90 Å². The molecule has 1 atom stereocenters. The summed E-state index contributed by atoms with van der Waals surface area (Å²) in [5, 5.41) is 17.4. The molecular formula is C16H20BrN3O2. The zero-order valence-corrected chi connectivity index (χ0v) is 14.0. The minimum absolute atomic E-state index is 0. The maximum atomic E-state index is 12.6. The van der Waals surface area contributed by atoms with Crippen molar-refractivity contribution in [2.75, 3.05) is 19.6 Å². The van der Waals surface area contributed by atoms with Crippen LogP contribution in [0.3, 0.4) is 0 Å².